The van der Waals surface area contributed by atoms with E-state index >= 15 is 0 Å². The first-order chi connectivity index (χ1) is 11.6. The van der Waals surface area contributed by atoms with Crippen molar-refractivity contribution in [3.05, 3.63) is 65.5 Å². The largest absolute Gasteiger partial charge is 0.399 e. The molecule has 0 unspecified atom stereocenters. The number of nitrogen functional groups attached to an aromatic ring is 1. The predicted octanol–water partition coefficient (Wildman–Crippen LogP) is 2.41. The molecular formula is C19H22FN3O. The number of rotatable bonds is 4. The number of carbonyl (C=O) groups excluding carboxylic acids is 1. The first-order valence-electron chi connectivity index (χ1n) is 8.23. The SMILES string of the molecule is Nc1cccc(C(=O)N2CCN(CCc3ccc(F)cc3)CC2)c1. The molecule has 0 bridgehead atoms. The van der Waals surface area contributed by atoms with Crippen LogP contribution in [-0.2, 0) is 6.42 Å². The lowest BCUT2D eigenvalue weighted by Gasteiger charge is -2.34. The molecule has 126 valence electrons. The van der Waals surface area contributed by atoms with Gasteiger partial charge in [-0.15, -0.1) is 0 Å². The molecule has 5 heteroatoms. The van der Waals surface area contributed by atoms with Crippen LogP contribution in [0.25, 0.3) is 0 Å². The topological polar surface area (TPSA) is 49.6 Å². The first-order valence-corrected chi connectivity index (χ1v) is 8.23. The molecule has 2 aromatic rings. The Hall–Kier alpha value is -2.40. The van der Waals surface area contributed by atoms with E-state index < -0.39 is 0 Å². The van der Waals surface area contributed by atoms with Gasteiger partial charge in [-0.25, -0.2) is 4.39 Å². The quantitative estimate of drug-likeness (QED) is 0.878. The minimum atomic E-state index is -0.201. The lowest BCUT2D eigenvalue weighted by molar-refractivity contribution is 0.0638. The average Bonchev–Trinajstić information content (AvgIpc) is 2.61. The second-order valence-electron chi connectivity index (χ2n) is 6.14. The highest BCUT2D eigenvalue weighted by Crippen LogP contribution is 2.12. The number of carbonyl (C=O) groups is 1. The molecule has 0 spiro atoms. The van der Waals surface area contributed by atoms with Gasteiger partial charge in [0.05, 0.1) is 0 Å². The number of hydrogen-bond acceptors (Lipinski definition) is 3. The van der Waals surface area contributed by atoms with Crippen LogP contribution >= 0.6 is 0 Å². The smallest absolute Gasteiger partial charge is 0.254 e. The lowest BCUT2D eigenvalue weighted by atomic mass is 10.1. The fourth-order valence-electron chi connectivity index (χ4n) is 2.97. The molecule has 2 N–H and O–H groups in total. The van der Waals surface area contributed by atoms with E-state index in [9.17, 15) is 9.18 Å². The van der Waals surface area contributed by atoms with Gasteiger partial charge in [-0.05, 0) is 42.3 Å². The Kier molecular flexibility index (Phi) is 5.11. The summed E-state index contributed by atoms with van der Waals surface area (Å²) in [5.74, 6) is -0.159. The predicted molar refractivity (Wildman–Crippen MR) is 93.3 cm³/mol. The zero-order valence-corrected chi connectivity index (χ0v) is 13.6. The summed E-state index contributed by atoms with van der Waals surface area (Å²) in [7, 11) is 0. The van der Waals surface area contributed by atoms with Gasteiger partial charge in [0.1, 0.15) is 5.82 Å². The second-order valence-corrected chi connectivity index (χ2v) is 6.14. The monoisotopic (exact) mass is 327 g/mol. The van der Waals surface area contributed by atoms with Crippen LogP contribution in [0, 0.1) is 5.82 Å². The molecule has 1 aliphatic heterocycles. The van der Waals surface area contributed by atoms with Crippen molar-refractivity contribution in [1.82, 2.24) is 9.80 Å². The van der Waals surface area contributed by atoms with Crippen LogP contribution in [0.3, 0.4) is 0 Å². The Bertz CT molecular complexity index is 694. The van der Waals surface area contributed by atoms with Crippen LogP contribution in [0.5, 0.6) is 0 Å². The molecule has 1 amide bonds. The molecule has 2 aromatic carbocycles. The molecule has 1 heterocycles. The Morgan fingerprint density at radius 2 is 1.75 bits per heavy atom. The standard InChI is InChI=1S/C19H22FN3O/c20-17-6-4-15(5-7-17)8-9-22-10-12-23(13-11-22)19(24)16-2-1-3-18(21)14-16/h1-7,14H,8-13,21H2. The third-order valence-electron chi connectivity index (χ3n) is 4.42. The highest BCUT2D eigenvalue weighted by molar-refractivity contribution is 5.95. The molecule has 0 aliphatic carbocycles. The molecule has 1 fully saturated rings. The van der Waals surface area contributed by atoms with Gasteiger partial charge < -0.3 is 10.6 Å². The van der Waals surface area contributed by atoms with Crippen LogP contribution in [-0.4, -0.2) is 48.4 Å². The summed E-state index contributed by atoms with van der Waals surface area (Å²) in [6, 6.07) is 13.8. The number of piperazine rings is 1. The van der Waals surface area contributed by atoms with E-state index in [4.69, 9.17) is 5.73 Å². The van der Waals surface area contributed by atoms with E-state index in [1.54, 1.807) is 18.2 Å². The third kappa shape index (κ3) is 4.11. The van der Waals surface area contributed by atoms with E-state index in [1.165, 1.54) is 12.1 Å². The molecule has 0 saturated carbocycles. The Labute approximate surface area is 141 Å². The maximum atomic E-state index is 12.9. The second kappa shape index (κ2) is 7.45. The van der Waals surface area contributed by atoms with E-state index in [-0.39, 0.29) is 11.7 Å². The summed E-state index contributed by atoms with van der Waals surface area (Å²) in [4.78, 5) is 16.7. The molecule has 0 atom stereocenters. The third-order valence-corrected chi connectivity index (χ3v) is 4.42. The highest BCUT2D eigenvalue weighted by Gasteiger charge is 2.21. The molecule has 1 aliphatic rings. The minimum Gasteiger partial charge on any atom is -0.399 e. The zero-order chi connectivity index (χ0) is 16.9. The molecule has 0 aromatic heterocycles. The summed E-state index contributed by atoms with van der Waals surface area (Å²) in [6.45, 7) is 4.07. The van der Waals surface area contributed by atoms with E-state index in [2.05, 4.69) is 4.90 Å². The van der Waals surface area contributed by atoms with Crippen LogP contribution in [0.15, 0.2) is 48.5 Å². The summed E-state index contributed by atoms with van der Waals surface area (Å²) < 4.78 is 12.9. The van der Waals surface area contributed by atoms with E-state index in [0.29, 0.717) is 11.3 Å². The fourth-order valence-corrected chi connectivity index (χ4v) is 2.97. The number of amides is 1. The normalized spacial score (nSPS) is 15.5. The van der Waals surface area contributed by atoms with E-state index in [0.717, 1.165) is 44.7 Å². The maximum absolute atomic E-state index is 12.9. The summed E-state index contributed by atoms with van der Waals surface area (Å²) in [5, 5.41) is 0. The van der Waals surface area contributed by atoms with Gasteiger partial charge in [-0.2, -0.15) is 0 Å². The number of nitrogens with zero attached hydrogens (tertiary/aromatic N) is 2. The van der Waals surface area contributed by atoms with Crippen molar-refractivity contribution in [2.24, 2.45) is 0 Å². The minimum absolute atomic E-state index is 0.0421. The van der Waals surface area contributed by atoms with Crippen molar-refractivity contribution in [1.29, 1.82) is 0 Å². The maximum Gasteiger partial charge on any atom is 0.254 e. The Morgan fingerprint density at radius 3 is 2.42 bits per heavy atom. The average molecular weight is 327 g/mol. The van der Waals surface area contributed by atoms with Crippen LogP contribution in [0.2, 0.25) is 0 Å². The van der Waals surface area contributed by atoms with Gasteiger partial charge in [-0.1, -0.05) is 18.2 Å². The fraction of sp³-hybridized carbons (Fsp3) is 0.316. The van der Waals surface area contributed by atoms with E-state index in [1.807, 2.05) is 23.1 Å². The van der Waals surface area contributed by atoms with Gasteiger partial charge in [0.2, 0.25) is 0 Å². The van der Waals surface area contributed by atoms with Gasteiger partial charge in [0, 0.05) is 44.0 Å². The number of benzene rings is 2. The van der Waals surface area contributed by atoms with Crippen LogP contribution in [0.1, 0.15) is 15.9 Å². The number of hydrogen-bond donors (Lipinski definition) is 1. The van der Waals surface area contributed by atoms with Crippen molar-refractivity contribution in [2.45, 2.75) is 6.42 Å². The molecule has 3 rings (SSSR count). The zero-order valence-electron chi connectivity index (χ0n) is 13.6. The van der Waals surface area contributed by atoms with Gasteiger partial charge in [0.15, 0.2) is 0 Å². The number of halogens is 1. The lowest BCUT2D eigenvalue weighted by Crippen LogP contribution is -2.49. The van der Waals surface area contributed by atoms with Crippen LogP contribution < -0.4 is 5.73 Å². The van der Waals surface area contributed by atoms with Gasteiger partial charge in [0.25, 0.3) is 5.91 Å². The summed E-state index contributed by atoms with van der Waals surface area (Å²) in [5.41, 5.74) is 8.14. The van der Waals surface area contributed by atoms with Crippen LogP contribution in [0.4, 0.5) is 10.1 Å². The molecule has 24 heavy (non-hydrogen) atoms. The van der Waals surface area contributed by atoms with Crippen molar-refractivity contribution >= 4 is 11.6 Å². The van der Waals surface area contributed by atoms with Gasteiger partial charge in [-0.3, -0.25) is 9.69 Å². The van der Waals surface area contributed by atoms with Crippen molar-refractivity contribution < 1.29 is 9.18 Å². The first kappa shape index (κ1) is 16.5. The van der Waals surface area contributed by atoms with Crippen molar-refractivity contribution in [3.63, 3.8) is 0 Å². The molecular weight excluding hydrogens is 305 g/mol. The number of nitrogens with two attached hydrogens (primary N) is 1. The summed E-state index contributed by atoms with van der Waals surface area (Å²) in [6.07, 6.45) is 0.892. The highest BCUT2D eigenvalue weighted by atomic mass is 19.1. The van der Waals surface area contributed by atoms with Crippen molar-refractivity contribution in [3.8, 4) is 0 Å². The number of anilines is 1. The van der Waals surface area contributed by atoms with Gasteiger partial charge >= 0.3 is 0 Å². The van der Waals surface area contributed by atoms with Crippen molar-refractivity contribution in [2.75, 3.05) is 38.5 Å². The summed E-state index contributed by atoms with van der Waals surface area (Å²) >= 11 is 0. The Balaban J connectivity index is 1.48. The molecule has 4 nitrogen and oxygen atoms in total. The Morgan fingerprint density at radius 1 is 1.04 bits per heavy atom. The molecule has 0 radical (unpaired) electrons. The molecule has 1 saturated heterocycles.